The van der Waals surface area contributed by atoms with Crippen LogP contribution in [0.15, 0.2) is 42.5 Å². The van der Waals surface area contributed by atoms with Gasteiger partial charge in [0.25, 0.3) is 0 Å². The summed E-state index contributed by atoms with van der Waals surface area (Å²) >= 11 is 0. The Balaban J connectivity index is 0.00000220. The van der Waals surface area contributed by atoms with Crippen LogP contribution in [0.3, 0.4) is 0 Å². The van der Waals surface area contributed by atoms with E-state index in [4.69, 9.17) is 0 Å². The molecule has 0 radical (unpaired) electrons. The van der Waals surface area contributed by atoms with Crippen LogP contribution in [-0.2, 0) is 4.79 Å². The summed E-state index contributed by atoms with van der Waals surface area (Å²) in [4.78, 5) is 12.0. The smallest absolute Gasteiger partial charge is 0.224 e. The van der Waals surface area contributed by atoms with Crippen molar-refractivity contribution in [1.29, 1.82) is 0 Å². The van der Waals surface area contributed by atoms with E-state index < -0.39 is 0 Å². The molecule has 4 heteroatoms. The van der Waals surface area contributed by atoms with Gasteiger partial charge in [-0.15, -0.1) is 12.4 Å². The largest absolute Gasteiger partial charge is 0.349 e. The molecule has 2 N–H and O–H groups in total. The number of nitrogens with one attached hydrogen (secondary N) is 2. The molecule has 3 nitrogen and oxygen atoms in total. The van der Waals surface area contributed by atoms with Crippen LogP contribution >= 0.6 is 12.4 Å². The lowest BCUT2D eigenvalue weighted by Gasteiger charge is -2.18. The van der Waals surface area contributed by atoms with Crippen LogP contribution in [0, 0.1) is 5.92 Å². The molecule has 2 aromatic carbocycles. The van der Waals surface area contributed by atoms with Crippen LogP contribution in [-0.4, -0.2) is 19.5 Å². The first-order valence-electron chi connectivity index (χ1n) is 7.05. The van der Waals surface area contributed by atoms with Gasteiger partial charge < -0.3 is 10.6 Å². The second-order valence-corrected chi connectivity index (χ2v) is 5.30. The van der Waals surface area contributed by atoms with Gasteiger partial charge in [0.1, 0.15) is 0 Å². The Morgan fingerprint density at radius 2 is 1.76 bits per heavy atom. The molecule has 0 heterocycles. The molecule has 0 saturated heterocycles. The summed E-state index contributed by atoms with van der Waals surface area (Å²) in [6.07, 6.45) is 0. The molecule has 1 amide bonds. The van der Waals surface area contributed by atoms with Gasteiger partial charge in [0.05, 0.1) is 6.04 Å². The molecule has 0 spiro atoms. The quantitative estimate of drug-likeness (QED) is 0.890. The zero-order valence-corrected chi connectivity index (χ0v) is 13.5. The highest BCUT2D eigenvalue weighted by molar-refractivity contribution is 5.85. The maximum absolute atomic E-state index is 12.0. The Morgan fingerprint density at radius 1 is 1.10 bits per heavy atom. The molecule has 0 fully saturated rings. The minimum absolute atomic E-state index is 0. The Kier molecular flexibility index (Phi) is 6.66. The molecule has 2 atom stereocenters. The van der Waals surface area contributed by atoms with Crippen molar-refractivity contribution in [2.24, 2.45) is 5.92 Å². The molecule has 0 aromatic heterocycles. The highest BCUT2D eigenvalue weighted by atomic mass is 35.5. The molecule has 0 aliphatic rings. The summed E-state index contributed by atoms with van der Waals surface area (Å²) < 4.78 is 0. The Labute approximate surface area is 132 Å². The fourth-order valence-electron chi connectivity index (χ4n) is 2.32. The number of hydrogen-bond acceptors (Lipinski definition) is 2. The molecule has 114 valence electrons. The van der Waals surface area contributed by atoms with Crippen molar-refractivity contribution < 1.29 is 4.79 Å². The minimum atomic E-state index is -0.0251. The van der Waals surface area contributed by atoms with Crippen molar-refractivity contribution in [2.45, 2.75) is 19.9 Å². The maximum atomic E-state index is 12.0. The number of halogens is 1. The fraction of sp³-hybridized carbons (Fsp3) is 0.353. The average molecular weight is 307 g/mol. The Hall–Kier alpha value is -1.58. The highest BCUT2D eigenvalue weighted by Gasteiger charge is 2.15. The van der Waals surface area contributed by atoms with Crippen LogP contribution in [0.5, 0.6) is 0 Å². The third-order valence-electron chi connectivity index (χ3n) is 3.59. The predicted octanol–water partition coefficient (Wildman–Crippen LogP) is 3.29. The topological polar surface area (TPSA) is 41.1 Å². The molecule has 21 heavy (non-hydrogen) atoms. The van der Waals surface area contributed by atoms with E-state index in [0.717, 1.165) is 5.56 Å². The van der Waals surface area contributed by atoms with Crippen molar-refractivity contribution in [3.63, 3.8) is 0 Å². The second-order valence-electron chi connectivity index (χ2n) is 5.30. The first-order chi connectivity index (χ1) is 9.61. The third-order valence-corrected chi connectivity index (χ3v) is 3.59. The molecule has 2 aromatic rings. The summed E-state index contributed by atoms with van der Waals surface area (Å²) in [5.74, 6) is 0.0583. The number of carbonyl (C=O) groups is 1. The zero-order valence-electron chi connectivity index (χ0n) is 12.7. The highest BCUT2D eigenvalue weighted by Crippen LogP contribution is 2.20. The van der Waals surface area contributed by atoms with Crippen molar-refractivity contribution in [3.05, 3.63) is 48.0 Å². The first-order valence-corrected chi connectivity index (χ1v) is 7.05. The zero-order chi connectivity index (χ0) is 14.5. The van der Waals surface area contributed by atoms with E-state index in [1.807, 2.05) is 33.0 Å². The number of benzene rings is 2. The van der Waals surface area contributed by atoms with E-state index in [-0.39, 0.29) is 30.3 Å². The molecule has 0 aliphatic carbocycles. The molecular weight excluding hydrogens is 284 g/mol. The molecule has 0 saturated carbocycles. The number of carbonyl (C=O) groups excluding carboxylic acids is 1. The van der Waals surface area contributed by atoms with Crippen molar-refractivity contribution >= 4 is 29.1 Å². The lowest BCUT2D eigenvalue weighted by atomic mass is 10.0. The molecule has 0 aliphatic heterocycles. The lowest BCUT2D eigenvalue weighted by molar-refractivity contribution is -0.125. The van der Waals surface area contributed by atoms with Gasteiger partial charge in [-0.1, -0.05) is 43.3 Å². The number of hydrogen-bond donors (Lipinski definition) is 2. The van der Waals surface area contributed by atoms with Gasteiger partial charge >= 0.3 is 0 Å². The van der Waals surface area contributed by atoms with Crippen LogP contribution in [0.1, 0.15) is 25.5 Å². The molecule has 2 unspecified atom stereocenters. The van der Waals surface area contributed by atoms with Gasteiger partial charge in [-0.05, 0) is 36.4 Å². The van der Waals surface area contributed by atoms with Gasteiger partial charge in [-0.3, -0.25) is 4.79 Å². The summed E-state index contributed by atoms with van der Waals surface area (Å²) in [5.41, 5.74) is 1.13. The van der Waals surface area contributed by atoms with Gasteiger partial charge in [0.15, 0.2) is 0 Å². The van der Waals surface area contributed by atoms with E-state index in [1.54, 1.807) is 0 Å². The van der Waals surface area contributed by atoms with Crippen LogP contribution in [0.4, 0.5) is 0 Å². The number of fused-ring (bicyclic) bond motifs is 1. The van der Waals surface area contributed by atoms with E-state index in [0.29, 0.717) is 6.54 Å². The van der Waals surface area contributed by atoms with E-state index in [9.17, 15) is 4.79 Å². The second kappa shape index (κ2) is 8.01. The SMILES string of the molecule is CNCC(C)C(=O)NC(C)c1ccc2ccccc2c1.Cl. The minimum Gasteiger partial charge on any atom is -0.349 e. The lowest BCUT2D eigenvalue weighted by Crippen LogP contribution is -2.35. The third kappa shape index (κ3) is 4.45. The normalized spacial score (nSPS) is 13.3. The van der Waals surface area contributed by atoms with Gasteiger partial charge in [0.2, 0.25) is 5.91 Å². The fourth-order valence-corrected chi connectivity index (χ4v) is 2.32. The van der Waals surface area contributed by atoms with Crippen molar-refractivity contribution in [2.75, 3.05) is 13.6 Å². The number of amides is 1. The summed E-state index contributed by atoms with van der Waals surface area (Å²) in [7, 11) is 1.86. The molecule has 2 rings (SSSR count). The Morgan fingerprint density at radius 3 is 2.43 bits per heavy atom. The predicted molar refractivity (Wildman–Crippen MR) is 90.8 cm³/mol. The van der Waals surface area contributed by atoms with E-state index in [1.165, 1.54) is 10.8 Å². The van der Waals surface area contributed by atoms with Crippen molar-refractivity contribution in [1.82, 2.24) is 10.6 Å². The molecular formula is C17H23ClN2O. The maximum Gasteiger partial charge on any atom is 0.224 e. The summed E-state index contributed by atoms with van der Waals surface area (Å²) in [6.45, 7) is 4.64. The van der Waals surface area contributed by atoms with Gasteiger partial charge in [-0.25, -0.2) is 0 Å². The average Bonchev–Trinajstić information content (AvgIpc) is 2.46. The van der Waals surface area contributed by atoms with Crippen LogP contribution < -0.4 is 10.6 Å². The van der Waals surface area contributed by atoms with Crippen LogP contribution in [0.25, 0.3) is 10.8 Å². The summed E-state index contributed by atoms with van der Waals surface area (Å²) in [5, 5.41) is 8.52. The van der Waals surface area contributed by atoms with Crippen LogP contribution in [0.2, 0.25) is 0 Å². The summed E-state index contributed by atoms with van der Waals surface area (Å²) in [6, 6.07) is 14.6. The standard InChI is InChI=1S/C17H22N2O.ClH/c1-12(11-18-3)17(20)19-13(2)15-9-8-14-6-4-5-7-16(14)10-15;/h4-10,12-13,18H,11H2,1-3H3,(H,19,20);1H. The van der Waals surface area contributed by atoms with E-state index in [2.05, 4.69) is 41.0 Å². The first kappa shape index (κ1) is 17.5. The molecule has 0 bridgehead atoms. The number of rotatable bonds is 5. The van der Waals surface area contributed by atoms with E-state index >= 15 is 0 Å². The van der Waals surface area contributed by atoms with Crippen molar-refractivity contribution in [3.8, 4) is 0 Å². The monoisotopic (exact) mass is 306 g/mol. The Bertz CT molecular complexity index is 600. The van der Waals surface area contributed by atoms with Gasteiger partial charge in [0, 0.05) is 12.5 Å². The van der Waals surface area contributed by atoms with Gasteiger partial charge in [-0.2, -0.15) is 0 Å².